The van der Waals surface area contributed by atoms with Crippen molar-refractivity contribution in [3.63, 3.8) is 0 Å². The normalized spacial score (nSPS) is 12.2. The van der Waals surface area contributed by atoms with Gasteiger partial charge in [0.2, 0.25) is 5.89 Å². The van der Waals surface area contributed by atoms with Gasteiger partial charge in [0.05, 0.1) is 6.54 Å². The van der Waals surface area contributed by atoms with E-state index in [4.69, 9.17) is 4.42 Å². The van der Waals surface area contributed by atoms with Crippen molar-refractivity contribution >= 4 is 6.01 Å². The maximum atomic E-state index is 5.76. The number of nitrogens with zero attached hydrogens (tertiary/aromatic N) is 3. The van der Waals surface area contributed by atoms with E-state index >= 15 is 0 Å². The highest BCUT2D eigenvalue weighted by Crippen LogP contribution is 2.17. The summed E-state index contributed by atoms with van der Waals surface area (Å²) in [5.41, 5.74) is 0.0502. The van der Waals surface area contributed by atoms with Gasteiger partial charge < -0.3 is 14.6 Å². The van der Waals surface area contributed by atoms with Crippen LogP contribution in [0.25, 0.3) is 0 Å². The van der Waals surface area contributed by atoms with Crippen LogP contribution in [0.2, 0.25) is 0 Å². The molecule has 5 heteroatoms. The van der Waals surface area contributed by atoms with Crippen LogP contribution >= 0.6 is 0 Å². The van der Waals surface area contributed by atoms with Crippen LogP contribution in [-0.4, -0.2) is 28.8 Å². The zero-order valence-corrected chi connectivity index (χ0v) is 13.9. The highest BCUT2D eigenvalue weighted by atomic mass is 16.4. The molecule has 0 aliphatic heterocycles. The van der Waals surface area contributed by atoms with E-state index in [-0.39, 0.29) is 5.54 Å². The highest BCUT2D eigenvalue weighted by molar-refractivity contribution is 5.23. The minimum absolute atomic E-state index is 0.0502. The summed E-state index contributed by atoms with van der Waals surface area (Å²) in [6, 6.07) is 0.644. The summed E-state index contributed by atoms with van der Waals surface area (Å²) in [7, 11) is 0. The molecule has 1 aromatic rings. The molecule has 0 saturated carbocycles. The summed E-state index contributed by atoms with van der Waals surface area (Å²) in [5.74, 6) is 1.33. The Labute approximate surface area is 123 Å². The number of hydrogen-bond acceptors (Lipinski definition) is 5. The molecule has 20 heavy (non-hydrogen) atoms. The van der Waals surface area contributed by atoms with Crippen molar-refractivity contribution < 1.29 is 4.42 Å². The molecule has 0 amide bonds. The van der Waals surface area contributed by atoms with Crippen molar-refractivity contribution in [1.29, 1.82) is 0 Å². The molecule has 0 spiro atoms. The fourth-order valence-electron chi connectivity index (χ4n) is 1.99. The Morgan fingerprint density at radius 2 is 1.80 bits per heavy atom. The highest BCUT2D eigenvalue weighted by Gasteiger charge is 2.17. The van der Waals surface area contributed by atoms with Crippen molar-refractivity contribution in [3.8, 4) is 0 Å². The molecule has 0 aromatic carbocycles. The summed E-state index contributed by atoms with van der Waals surface area (Å²) >= 11 is 0. The Hall–Kier alpha value is -1.10. The maximum absolute atomic E-state index is 5.76. The SMILES string of the molecule is CCC(CC)CN(CC)c1nnc(CNC(C)(C)C)o1. The minimum atomic E-state index is 0.0502. The van der Waals surface area contributed by atoms with E-state index in [1.165, 1.54) is 12.8 Å². The molecule has 0 fully saturated rings. The summed E-state index contributed by atoms with van der Waals surface area (Å²) in [6.45, 7) is 15.4. The lowest BCUT2D eigenvalue weighted by atomic mass is 10.0. The molecule has 116 valence electrons. The Morgan fingerprint density at radius 3 is 2.30 bits per heavy atom. The number of rotatable bonds is 8. The summed E-state index contributed by atoms with van der Waals surface area (Å²) in [4.78, 5) is 2.17. The van der Waals surface area contributed by atoms with Gasteiger partial charge in [-0.05, 0) is 33.6 Å². The van der Waals surface area contributed by atoms with Gasteiger partial charge in [0.1, 0.15) is 0 Å². The van der Waals surface area contributed by atoms with Crippen molar-refractivity contribution in [2.75, 3.05) is 18.0 Å². The van der Waals surface area contributed by atoms with Crippen molar-refractivity contribution in [2.24, 2.45) is 5.92 Å². The van der Waals surface area contributed by atoms with E-state index in [0.29, 0.717) is 24.4 Å². The second kappa shape index (κ2) is 7.62. The van der Waals surface area contributed by atoms with Gasteiger partial charge in [0.15, 0.2) is 0 Å². The molecule has 0 atom stereocenters. The summed E-state index contributed by atoms with van der Waals surface area (Å²) in [6.07, 6.45) is 2.36. The number of nitrogens with one attached hydrogen (secondary N) is 1. The number of anilines is 1. The molecule has 1 aromatic heterocycles. The molecule has 1 rings (SSSR count). The molecule has 1 heterocycles. The number of hydrogen-bond donors (Lipinski definition) is 1. The Balaban J connectivity index is 2.63. The van der Waals surface area contributed by atoms with Gasteiger partial charge in [0, 0.05) is 18.6 Å². The third-order valence-electron chi connectivity index (χ3n) is 3.51. The van der Waals surface area contributed by atoms with E-state index in [2.05, 4.69) is 62.0 Å². The van der Waals surface area contributed by atoms with Crippen LogP contribution < -0.4 is 10.2 Å². The zero-order valence-electron chi connectivity index (χ0n) is 13.9. The molecular formula is C15H30N4O. The first-order valence-electron chi connectivity index (χ1n) is 7.71. The van der Waals surface area contributed by atoms with Crippen molar-refractivity contribution in [2.45, 2.75) is 66.5 Å². The first-order valence-corrected chi connectivity index (χ1v) is 7.71. The molecule has 0 saturated heterocycles. The second-order valence-corrected chi connectivity index (χ2v) is 6.30. The van der Waals surface area contributed by atoms with Crippen LogP contribution in [0.1, 0.15) is 60.3 Å². The lowest BCUT2D eigenvalue weighted by molar-refractivity contribution is 0.377. The van der Waals surface area contributed by atoms with Gasteiger partial charge in [-0.3, -0.25) is 0 Å². The topological polar surface area (TPSA) is 54.2 Å². The molecule has 0 aliphatic carbocycles. The van der Waals surface area contributed by atoms with Gasteiger partial charge in [-0.15, -0.1) is 5.10 Å². The molecular weight excluding hydrogens is 252 g/mol. The van der Waals surface area contributed by atoms with Crippen molar-refractivity contribution in [1.82, 2.24) is 15.5 Å². The zero-order chi connectivity index (χ0) is 15.2. The molecule has 0 unspecified atom stereocenters. The van der Waals surface area contributed by atoms with Crippen LogP contribution in [0.3, 0.4) is 0 Å². The Morgan fingerprint density at radius 1 is 1.15 bits per heavy atom. The van der Waals surface area contributed by atoms with Gasteiger partial charge in [0.25, 0.3) is 0 Å². The molecule has 1 N–H and O–H groups in total. The Bertz CT molecular complexity index is 379. The first kappa shape index (κ1) is 17.0. The van der Waals surface area contributed by atoms with Crippen LogP contribution in [0.4, 0.5) is 6.01 Å². The average Bonchev–Trinajstić information content (AvgIpc) is 2.86. The van der Waals surface area contributed by atoms with E-state index in [1.807, 2.05) is 0 Å². The third kappa shape index (κ3) is 5.49. The fraction of sp³-hybridized carbons (Fsp3) is 0.867. The lowest BCUT2D eigenvalue weighted by Crippen LogP contribution is -2.35. The van der Waals surface area contributed by atoms with Gasteiger partial charge in [-0.25, -0.2) is 0 Å². The summed E-state index contributed by atoms with van der Waals surface area (Å²) < 4.78 is 5.76. The second-order valence-electron chi connectivity index (χ2n) is 6.30. The van der Waals surface area contributed by atoms with Gasteiger partial charge in [-0.1, -0.05) is 31.8 Å². The van der Waals surface area contributed by atoms with Crippen LogP contribution in [0, 0.1) is 5.92 Å². The molecule has 0 bridgehead atoms. The van der Waals surface area contributed by atoms with E-state index in [1.54, 1.807) is 0 Å². The maximum Gasteiger partial charge on any atom is 0.318 e. The third-order valence-corrected chi connectivity index (χ3v) is 3.51. The van der Waals surface area contributed by atoms with E-state index < -0.39 is 0 Å². The standard InChI is InChI=1S/C15H30N4O/c1-7-12(8-2)11-19(9-3)14-18-17-13(20-14)10-16-15(4,5)6/h12,16H,7-11H2,1-6H3. The predicted molar refractivity (Wildman–Crippen MR) is 82.8 cm³/mol. The minimum Gasteiger partial charge on any atom is -0.407 e. The van der Waals surface area contributed by atoms with Gasteiger partial charge >= 0.3 is 6.01 Å². The van der Waals surface area contributed by atoms with Crippen LogP contribution in [-0.2, 0) is 6.54 Å². The van der Waals surface area contributed by atoms with Gasteiger partial charge in [-0.2, -0.15) is 0 Å². The van der Waals surface area contributed by atoms with Crippen molar-refractivity contribution in [3.05, 3.63) is 5.89 Å². The summed E-state index contributed by atoms with van der Waals surface area (Å²) in [5, 5.41) is 11.7. The first-order chi connectivity index (χ1) is 9.39. The molecule has 0 radical (unpaired) electrons. The van der Waals surface area contributed by atoms with E-state index in [0.717, 1.165) is 13.1 Å². The number of aromatic nitrogens is 2. The average molecular weight is 282 g/mol. The fourth-order valence-corrected chi connectivity index (χ4v) is 1.99. The largest absolute Gasteiger partial charge is 0.407 e. The van der Waals surface area contributed by atoms with Crippen LogP contribution in [0.5, 0.6) is 0 Å². The smallest absolute Gasteiger partial charge is 0.318 e. The quantitative estimate of drug-likeness (QED) is 0.793. The monoisotopic (exact) mass is 282 g/mol. The lowest BCUT2D eigenvalue weighted by Gasteiger charge is -2.23. The predicted octanol–water partition coefficient (Wildman–Crippen LogP) is 3.22. The van der Waals surface area contributed by atoms with E-state index in [9.17, 15) is 0 Å². The van der Waals surface area contributed by atoms with Crippen LogP contribution in [0.15, 0.2) is 4.42 Å². The molecule has 0 aliphatic rings. The molecule has 5 nitrogen and oxygen atoms in total. The Kier molecular flexibility index (Phi) is 6.46.